The zero-order chi connectivity index (χ0) is 26.3. The molecule has 1 saturated heterocycles. The van der Waals surface area contributed by atoms with E-state index in [1.165, 1.54) is 13.8 Å². The Balaban J connectivity index is 0.000000960. The number of hydrogen-bond acceptors (Lipinski definition) is 7. The summed E-state index contributed by atoms with van der Waals surface area (Å²) in [6.07, 6.45) is -0.140. The Morgan fingerprint density at radius 2 is 1.55 bits per heavy atom. The summed E-state index contributed by atoms with van der Waals surface area (Å²) in [5, 5.41) is -0.188. The van der Waals surface area contributed by atoms with Crippen molar-refractivity contribution in [1.29, 1.82) is 0 Å². The molecule has 0 N–H and O–H groups in total. The predicted molar refractivity (Wildman–Crippen MR) is 136 cm³/mol. The molecular formula is C14H22BCl6F3NO5PS2. The summed E-state index contributed by atoms with van der Waals surface area (Å²) in [5.74, 6) is -0.0673. The molecule has 0 aromatic heterocycles. The quantitative estimate of drug-likeness (QED) is 0.108. The van der Waals surface area contributed by atoms with E-state index < -0.39 is 52.1 Å². The molecular weight excluding hydrogens is 638 g/mol. The van der Waals surface area contributed by atoms with E-state index in [4.69, 9.17) is 108 Å². The van der Waals surface area contributed by atoms with E-state index in [2.05, 4.69) is 0 Å². The predicted octanol–water partition coefficient (Wildman–Crippen LogP) is 7.83. The van der Waals surface area contributed by atoms with Crippen LogP contribution in [0.1, 0.15) is 27.2 Å². The maximum absolute atomic E-state index is 12.7. The average molecular weight is 660 g/mol. The molecule has 19 heteroatoms. The summed E-state index contributed by atoms with van der Waals surface area (Å²) in [6, 6.07) is -0.518. The van der Waals surface area contributed by atoms with Gasteiger partial charge in [0, 0.05) is 19.1 Å². The summed E-state index contributed by atoms with van der Waals surface area (Å²) in [4.78, 5) is 0. The topological polar surface area (TPSA) is 57.2 Å². The lowest BCUT2D eigenvalue weighted by atomic mass is 9.92. The first kappa shape index (κ1) is 34.9. The van der Waals surface area contributed by atoms with E-state index >= 15 is 0 Å². The Kier molecular flexibility index (Phi) is 15.6. The van der Waals surface area contributed by atoms with Gasteiger partial charge in [-0.2, -0.15) is 4.31 Å². The maximum Gasteiger partial charge on any atom is 0.530 e. The Morgan fingerprint density at radius 3 is 1.79 bits per heavy atom. The number of thiocarbonyl (C=S) groups is 1. The fourth-order valence-corrected chi connectivity index (χ4v) is 5.37. The van der Waals surface area contributed by atoms with Crippen molar-refractivity contribution in [1.82, 2.24) is 4.31 Å². The SMILES string of the molecule is CCN(CC)S(F)(F)F.[B][C@H]1C[C@@H](C)[C@@H](C(=S)OP(=O)(OCC(Cl)(Cl)Cl)OCC(Cl)(Cl)Cl)O1. The highest BCUT2D eigenvalue weighted by molar-refractivity contribution is 8.18. The molecule has 0 aromatic rings. The number of rotatable bonds is 9. The van der Waals surface area contributed by atoms with Crippen LogP contribution in [0.15, 0.2) is 0 Å². The van der Waals surface area contributed by atoms with Crippen molar-refractivity contribution in [3.8, 4) is 0 Å². The Morgan fingerprint density at radius 1 is 1.12 bits per heavy atom. The van der Waals surface area contributed by atoms with Gasteiger partial charge in [0.1, 0.15) is 27.2 Å². The lowest BCUT2D eigenvalue weighted by molar-refractivity contribution is 0.102. The smallest absolute Gasteiger partial charge is 0.394 e. The molecule has 1 aliphatic rings. The lowest BCUT2D eigenvalue weighted by Gasteiger charge is -2.24. The van der Waals surface area contributed by atoms with Gasteiger partial charge in [0.25, 0.3) is 11.4 Å². The molecule has 0 amide bonds. The van der Waals surface area contributed by atoms with Gasteiger partial charge in [-0.05, 0) is 24.6 Å². The third-order valence-corrected chi connectivity index (χ3v) is 7.15. The Bertz CT molecular complexity index is 651. The number of alkyl halides is 6. The maximum atomic E-state index is 12.7. The molecule has 0 aromatic carbocycles. The fraction of sp³-hybridized carbons (Fsp3) is 0.929. The van der Waals surface area contributed by atoms with Crippen LogP contribution in [-0.2, 0) is 22.9 Å². The highest BCUT2D eigenvalue weighted by Gasteiger charge is 2.41. The van der Waals surface area contributed by atoms with Gasteiger partial charge in [0.05, 0.1) is 0 Å². The molecule has 1 rings (SSSR count). The zero-order valence-electron chi connectivity index (χ0n) is 17.5. The molecule has 0 bridgehead atoms. The fourth-order valence-electron chi connectivity index (χ4n) is 2.23. The minimum atomic E-state index is -4.93. The molecule has 0 unspecified atom stereocenters. The summed E-state index contributed by atoms with van der Waals surface area (Å²) < 4.78 is 65.1. The van der Waals surface area contributed by atoms with Gasteiger partial charge in [-0.25, -0.2) is 4.57 Å². The van der Waals surface area contributed by atoms with Gasteiger partial charge in [-0.1, -0.05) is 90.4 Å². The third-order valence-electron chi connectivity index (χ3n) is 3.65. The van der Waals surface area contributed by atoms with Crippen LogP contribution in [0.3, 0.4) is 0 Å². The van der Waals surface area contributed by atoms with Crippen molar-refractivity contribution in [2.24, 2.45) is 5.92 Å². The van der Waals surface area contributed by atoms with Gasteiger partial charge in [0.2, 0.25) is 12.6 Å². The van der Waals surface area contributed by atoms with Crippen molar-refractivity contribution in [2.75, 3.05) is 26.3 Å². The van der Waals surface area contributed by atoms with E-state index in [1.807, 2.05) is 6.92 Å². The van der Waals surface area contributed by atoms with Gasteiger partial charge in [-0.15, -0.1) is 11.7 Å². The molecule has 0 spiro atoms. The van der Waals surface area contributed by atoms with Crippen LogP contribution in [0, 0.1) is 5.92 Å². The van der Waals surface area contributed by atoms with E-state index in [0.717, 1.165) is 0 Å². The molecule has 33 heavy (non-hydrogen) atoms. The number of halogens is 9. The second kappa shape index (κ2) is 14.7. The van der Waals surface area contributed by atoms with E-state index in [0.29, 0.717) is 10.7 Å². The van der Waals surface area contributed by atoms with Gasteiger partial charge >= 0.3 is 7.82 Å². The number of nitrogens with zero attached hydrogens (tertiary/aromatic N) is 1. The van der Waals surface area contributed by atoms with Crippen LogP contribution < -0.4 is 0 Å². The minimum absolute atomic E-state index is 0.0648. The van der Waals surface area contributed by atoms with Crippen molar-refractivity contribution >= 4 is 114 Å². The van der Waals surface area contributed by atoms with Crippen molar-refractivity contribution in [2.45, 2.75) is 46.9 Å². The van der Waals surface area contributed by atoms with Crippen molar-refractivity contribution in [3.05, 3.63) is 0 Å². The normalized spacial score (nSPS) is 22.6. The van der Waals surface area contributed by atoms with Crippen LogP contribution in [-0.4, -0.2) is 63.2 Å². The molecule has 0 saturated carbocycles. The zero-order valence-corrected chi connectivity index (χ0v) is 24.6. The lowest BCUT2D eigenvalue weighted by Crippen LogP contribution is -2.27. The number of hydrogen-bond donors (Lipinski definition) is 0. The van der Waals surface area contributed by atoms with Crippen LogP contribution in [0.5, 0.6) is 0 Å². The second-order valence-electron chi connectivity index (χ2n) is 6.44. The van der Waals surface area contributed by atoms with E-state index in [1.54, 1.807) is 0 Å². The minimum Gasteiger partial charge on any atom is -0.394 e. The first-order valence-electron chi connectivity index (χ1n) is 9.07. The van der Waals surface area contributed by atoms with Gasteiger partial charge < -0.3 is 9.26 Å². The van der Waals surface area contributed by atoms with Crippen LogP contribution >= 0.6 is 101 Å². The van der Waals surface area contributed by atoms with Gasteiger partial charge in [0.15, 0.2) is 0 Å². The Hall–Kier alpha value is 1.90. The van der Waals surface area contributed by atoms with Crippen molar-refractivity contribution < 1.29 is 34.5 Å². The summed E-state index contributed by atoms with van der Waals surface area (Å²) in [5.41, 5.74) is 0. The third kappa shape index (κ3) is 15.7. The highest BCUT2D eigenvalue weighted by Crippen LogP contribution is 2.56. The van der Waals surface area contributed by atoms with Crippen LogP contribution in [0.2, 0.25) is 0 Å². The number of ether oxygens (including phenoxy) is 1. The molecule has 2 radical (unpaired) electrons. The Labute approximate surface area is 230 Å². The molecule has 3 atom stereocenters. The second-order valence-corrected chi connectivity index (χ2v) is 14.7. The highest BCUT2D eigenvalue weighted by atomic mass is 35.6. The largest absolute Gasteiger partial charge is 0.530 e. The number of phosphoric ester groups is 1. The molecule has 1 aliphatic heterocycles. The van der Waals surface area contributed by atoms with E-state index in [9.17, 15) is 16.2 Å². The van der Waals surface area contributed by atoms with Gasteiger partial charge in [-0.3, -0.25) is 9.05 Å². The molecule has 196 valence electrons. The summed E-state index contributed by atoms with van der Waals surface area (Å²) in [6.45, 7) is 3.75. The van der Waals surface area contributed by atoms with E-state index in [-0.39, 0.29) is 24.1 Å². The molecule has 6 nitrogen and oxygen atoms in total. The van der Waals surface area contributed by atoms with Crippen LogP contribution in [0.4, 0.5) is 11.7 Å². The monoisotopic (exact) mass is 657 g/mol. The van der Waals surface area contributed by atoms with Crippen molar-refractivity contribution in [3.63, 3.8) is 0 Å². The summed E-state index contributed by atoms with van der Waals surface area (Å²) >= 11 is 33.5. The average Bonchev–Trinajstić information content (AvgIpc) is 2.96. The van der Waals surface area contributed by atoms with Crippen LogP contribution in [0.25, 0.3) is 0 Å². The molecule has 1 fully saturated rings. The summed E-state index contributed by atoms with van der Waals surface area (Å²) in [7, 11) is 1.34. The molecule has 1 heterocycles. The molecule has 0 aliphatic carbocycles. The standard InChI is InChI=1S/C10H12BCl6O5PS.C4H10F3NS/c1-5-2-6(11)21-7(5)8(24)22-23(18,19-3-9(12,13)14)20-4-10(15,16)17;1-3-8(4-2)9(5,6)7/h5-7H,2-4H2,1H3;3-4H2,1-2H3/t5-,6-,7+;/m1./s1. The number of phosphoric acid groups is 1. The first-order chi connectivity index (χ1) is 14.7. The first-order valence-corrected chi connectivity index (χ1v) is 14.5.